The van der Waals surface area contributed by atoms with Crippen LogP contribution in [0.5, 0.6) is 0 Å². The number of nitrogens with one attached hydrogen (secondary N) is 1. The van der Waals surface area contributed by atoms with Gasteiger partial charge in [0.05, 0.1) is 6.54 Å². The van der Waals surface area contributed by atoms with Crippen LogP contribution in [0.2, 0.25) is 0 Å². The van der Waals surface area contributed by atoms with E-state index in [1.807, 2.05) is 6.92 Å². The van der Waals surface area contributed by atoms with Gasteiger partial charge in [-0.3, -0.25) is 4.90 Å². The molecular weight excluding hydrogens is 192 g/mol. The van der Waals surface area contributed by atoms with Crippen molar-refractivity contribution >= 4 is 0 Å². The van der Waals surface area contributed by atoms with Crippen LogP contribution in [0, 0.1) is 6.92 Å². The lowest BCUT2D eigenvalue weighted by atomic mass is 10.1. The molecule has 2 atom stereocenters. The van der Waals surface area contributed by atoms with Crippen LogP contribution in [-0.4, -0.2) is 40.2 Å². The SMILES string of the molecule is Cc1noc(CN2CCNC(C)C2C)n1. The van der Waals surface area contributed by atoms with Gasteiger partial charge in [-0.15, -0.1) is 0 Å². The minimum Gasteiger partial charge on any atom is -0.338 e. The van der Waals surface area contributed by atoms with Crippen LogP contribution in [0.1, 0.15) is 25.6 Å². The molecule has 1 aliphatic heterocycles. The second-order valence-corrected chi connectivity index (χ2v) is 4.19. The molecule has 0 bridgehead atoms. The molecule has 1 aromatic rings. The molecular formula is C10H18N4O. The topological polar surface area (TPSA) is 54.2 Å². The predicted molar refractivity (Wildman–Crippen MR) is 56.4 cm³/mol. The molecule has 2 rings (SSSR count). The summed E-state index contributed by atoms with van der Waals surface area (Å²) in [6.07, 6.45) is 0. The summed E-state index contributed by atoms with van der Waals surface area (Å²) in [6.45, 7) is 9.09. The van der Waals surface area contributed by atoms with Crippen molar-refractivity contribution in [3.63, 3.8) is 0 Å². The third-order valence-corrected chi connectivity index (χ3v) is 3.07. The number of rotatable bonds is 2. The summed E-state index contributed by atoms with van der Waals surface area (Å²) in [7, 11) is 0. The summed E-state index contributed by atoms with van der Waals surface area (Å²) >= 11 is 0. The molecule has 0 aliphatic carbocycles. The third kappa shape index (κ3) is 2.35. The Kier molecular flexibility index (Phi) is 3.02. The van der Waals surface area contributed by atoms with Gasteiger partial charge in [0.1, 0.15) is 0 Å². The molecule has 15 heavy (non-hydrogen) atoms. The first-order valence-electron chi connectivity index (χ1n) is 5.43. The molecule has 0 saturated carbocycles. The molecule has 1 aliphatic rings. The summed E-state index contributed by atoms with van der Waals surface area (Å²) in [4.78, 5) is 6.59. The van der Waals surface area contributed by atoms with Crippen LogP contribution in [0.15, 0.2) is 4.52 Å². The van der Waals surface area contributed by atoms with Crippen molar-refractivity contribution in [1.82, 2.24) is 20.4 Å². The maximum Gasteiger partial charge on any atom is 0.240 e. The maximum atomic E-state index is 5.13. The van der Waals surface area contributed by atoms with E-state index in [9.17, 15) is 0 Å². The number of aromatic nitrogens is 2. The molecule has 1 N–H and O–H groups in total. The lowest BCUT2D eigenvalue weighted by Gasteiger charge is -2.37. The van der Waals surface area contributed by atoms with Gasteiger partial charge in [-0.2, -0.15) is 4.98 Å². The smallest absolute Gasteiger partial charge is 0.240 e. The van der Waals surface area contributed by atoms with Gasteiger partial charge >= 0.3 is 0 Å². The fraction of sp³-hybridized carbons (Fsp3) is 0.800. The number of hydrogen-bond acceptors (Lipinski definition) is 5. The quantitative estimate of drug-likeness (QED) is 0.773. The number of nitrogens with zero attached hydrogens (tertiary/aromatic N) is 3. The largest absolute Gasteiger partial charge is 0.338 e. The zero-order valence-electron chi connectivity index (χ0n) is 9.53. The van der Waals surface area contributed by atoms with Crippen molar-refractivity contribution in [2.45, 2.75) is 39.4 Å². The Labute approximate surface area is 89.8 Å². The fourth-order valence-corrected chi connectivity index (χ4v) is 1.93. The lowest BCUT2D eigenvalue weighted by molar-refractivity contribution is 0.116. The van der Waals surface area contributed by atoms with E-state index in [1.165, 1.54) is 0 Å². The van der Waals surface area contributed by atoms with Crippen LogP contribution in [0.4, 0.5) is 0 Å². The normalized spacial score (nSPS) is 28.2. The Morgan fingerprint density at radius 2 is 2.33 bits per heavy atom. The van der Waals surface area contributed by atoms with E-state index in [4.69, 9.17) is 4.52 Å². The minimum atomic E-state index is 0.506. The monoisotopic (exact) mass is 210 g/mol. The molecule has 1 fully saturated rings. The van der Waals surface area contributed by atoms with Gasteiger partial charge in [0, 0.05) is 25.2 Å². The van der Waals surface area contributed by atoms with Crippen LogP contribution in [0.25, 0.3) is 0 Å². The van der Waals surface area contributed by atoms with Crippen molar-refractivity contribution < 1.29 is 4.52 Å². The average molecular weight is 210 g/mol. The summed E-state index contributed by atoms with van der Waals surface area (Å²) in [5, 5.41) is 7.24. The first-order chi connectivity index (χ1) is 7.16. The summed E-state index contributed by atoms with van der Waals surface area (Å²) in [5.41, 5.74) is 0. The summed E-state index contributed by atoms with van der Waals surface area (Å²) in [5.74, 6) is 1.43. The van der Waals surface area contributed by atoms with Crippen molar-refractivity contribution in [1.29, 1.82) is 0 Å². The minimum absolute atomic E-state index is 0.506. The molecule has 0 amide bonds. The zero-order valence-corrected chi connectivity index (χ0v) is 9.53. The van der Waals surface area contributed by atoms with Gasteiger partial charge in [-0.25, -0.2) is 0 Å². The van der Waals surface area contributed by atoms with Crippen molar-refractivity contribution in [2.75, 3.05) is 13.1 Å². The van der Waals surface area contributed by atoms with Gasteiger partial charge in [-0.1, -0.05) is 5.16 Å². The number of aryl methyl sites for hydroxylation is 1. The number of piperazine rings is 1. The average Bonchev–Trinajstić information content (AvgIpc) is 2.59. The second kappa shape index (κ2) is 4.28. The highest BCUT2D eigenvalue weighted by Crippen LogP contribution is 2.12. The van der Waals surface area contributed by atoms with E-state index in [0.717, 1.165) is 19.6 Å². The van der Waals surface area contributed by atoms with Crippen LogP contribution < -0.4 is 5.32 Å². The Bertz CT molecular complexity index is 325. The first kappa shape index (κ1) is 10.6. The van der Waals surface area contributed by atoms with E-state index >= 15 is 0 Å². The van der Waals surface area contributed by atoms with Crippen molar-refractivity contribution in [3.8, 4) is 0 Å². The zero-order chi connectivity index (χ0) is 10.8. The van der Waals surface area contributed by atoms with Gasteiger partial charge < -0.3 is 9.84 Å². The summed E-state index contributed by atoms with van der Waals surface area (Å²) < 4.78 is 5.13. The Morgan fingerprint density at radius 1 is 1.53 bits per heavy atom. The van der Waals surface area contributed by atoms with Crippen molar-refractivity contribution in [2.24, 2.45) is 0 Å². The van der Waals surface area contributed by atoms with E-state index in [1.54, 1.807) is 0 Å². The van der Waals surface area contributed by atoms with Crippen LogP contribution >= 0.6 is 0 Å². The molecule has 84 valence electrons. The molecule has 1 aromatic heterocycles. The Morgan fingerprint density at radius 3 is 3.00 bits per heavy atom. The first-order valence-corrected chi connectivity index (χ1v) is 5.43. The highest BCUT2D eigenvalue weighted by Gasteiger charge is 2.25. The Hall–Kier alpha value is -0.940. The third-order valence-electron chi connectivity index (χ3n) is 3.07. The molecule has 5 nitrogen and oxygen atoms in total. The van der Waals surface area contributed by atoms with E-state index in [2.05, 4.69) is 34.2 Å². The van der Waals surface area contributed by atoms with Gasteiger partial charge in [0.2, 0.25) is 5.89 Å². The molecule has 0 radical (unpaired) electrons. The van der Waals surface area contributed by atoms with Gasteiger partial charge in [-0.05, 0) is 20.8 Å². The second-order valence-electron chi connectivity index (χ2n) is 4.19. The highest BCUT2D eigenvalue weighted by molar-refractivity contribution is 4.88. The molecule has 2 unspecified atom stereocenters. The van der Waals surface area contributed by atoms with E-state index in [0.29, 0.717) is 23.8 Å². The van der Waals surface area contributed by atoms with Gasteiger partial charge in [0.25, 0.3) is 0 Å². The highest BCUT2D eigenvalue weighted by atomic mass is 16.5. The molecule has 2 heterocycles. The molecule has 5 heteroatoms. The molecule has 1 saturated heterocycles. The number of hydrogen-bond donors (Lipinski definition) is 1. The molecule has 0 spiro atoms. The fourth-order valence-electron chi connectivity index (χ4n) is 1.93. The maximum absolute atomic E-state index is 5.13. The van der Waals surface area contributed by atoms with Crippen LogP contribution in [0.3, 0.4) is 0 Å². The molecule has 0 aromatic carbocycles. The van der Waals surface area contributed by atoms with Crippen molar-refractivity contribution in [3.05, 3.63) is 11.7 Å². The van der Waals surface area contributed by atoms with E-state index < -0.39 is 0 Å². The summed E-state index contributed by atoms with van der Waals surface area (Å²) in [6, 6.07) is 1.02. The Balaban J connectivity index is 1.99. The van der Waals surface area contributed by atoms with E-state index in [-0.39, 0.29) is 0 Å². The van der Waals surface area contributed by atoms with Gasteiger partial charge in [0.15, 0.2) is 5.82 Å². The predicted octanol–water partition coefficient (Wildman–Crippen LogP) is 0.560. The standard InChI is InChI=1S/C10H18N4O/c1-7-8(2)14(5-4-11-7)6-10-12-9(3)13-15-10/h7-8,11H,4-6H2,1-3H3. The van der Waals surface area contributed by atoms with Crippen LogP contribution in [-0.2, 0) is 6.54 Å². The lowest BCUT2D eigenvalue weighted by Crippen LogP contribution is -2.54.